The fourth-order valence-electron chi connectivity index (χ4n) is 0.905. The largest absolute Gasteiger partial charge is 0.480 e. The molecule has 1 aliphatic rings. The van der Waals surface area contributed by atoms with Gasteiger partial charge in [-0.05, 0) is 6.92 Å². The zero-order valence-corrected chi connectivity index (χ0v) is 8.38. The van der Waals surface area contributed by atoms with Crippen molar-refractivity contribution < 1.29 is 24.9 Å². The summed E-state index contributed by atoms with van der Waals surface area (Å²) < 4.78 is 0. The molecule has 7 heteroatoms. The van der Waals surface area contributed by atoms with Crippen molar-refractivity contribution in [2.75, 3.05) is 6.54 Å². The van der Waals surface area contributed by atoms with Gasteiger partial charge >= 0.3 is 11.9 Å². The predicted molar refractivity (Wildman–Crippen MR) is 51.3 cm³/mol. The molecule has 0 aliphatic carbocycles. The molecule has 0 radical (unpaired) electrons. The van der Waals surface area contributed by atoms with Gasteiger partial charge in [0.25, 0.3) is 0 Å². The van der Waals surface area contributed by atoms with Crippen LogP contribution in [0.1, 0.15) is 13.3 Å². The molecule has 0 bridgehead atoms. The SMILES string of the molecule is C[C@H](N)C(=O)O.O=C(O)[C@@H]1C[C@@H](O)CN1. The Bertz CT molecular complexity index is 231. The number of aliphatic carboxylic acids is 2. The summed E-state index contributed by atoms with van der Waals surface area (Å²) in [7, 11) is 0. The lowest BCUT2D eigenvalue weighted by Gasteiger charge is -1.99. The number of hydrogen-bond acceptors (Lipinski definition) is 5. The molecule has 7 nitrogen and oxygen atoms in total. The standard InChI is InChI=1S/C5H9NO3.C3H7NO2/c7-3-1-4(5(8)9)6-2-3;1-2(4)3(5)6/h3-4,6-7H,1-2H2,(H,8,9);2H,4H2,1H3,(H,5,6)/t3-,4+;2-/m10/s1. The fourth-order valence-corrected chi connectivity index (χ4v) is 0.905. The Morgan fingerprint density at radius 1 is 1.47 bits per heavy atom. The van der Waals surface area contributed by atoms with E-state index in [4.69, 9.17) is 21.1 Å². The molecule has 1 aliphatic heterocycles. The second-order valence-electron chi connectivity index (χ2n) is 3.32. The number of aliphatic hydroxyl groups is 1. The van der Waals surface area contributed by atoms with Crippen LogP contribution in [0.25, 0.3) is 0 Å². The van der Waals surface area contributed by atoms with Crippen LogP contribution in [0.2, 0.25) is 0 Å². The number of aliphatic hydroxyl groups excluding tert-OH is 1. The molecule has 88 valence electrons. The summed E-state index contributed by atoms with van der Waals surface area (Å²) in [4.78, 5) is 19.7. The topological polar surface area (TPSA) is 133 Å². The first-order chi connectivity index (χ1) is 6.84. The van der Waals surface area contributed by atoms with Crippen LogP contribution in [0.15, 0.2) is 0 Å². The minimum Gasteiger partial charge on any atom is -0.480 e. The van der Waals surface area contributed by atoms with E-state index in [9.17, 15) is 9.59 Å². The molecule has 1 saturated heterocycles. The molecule has 0 saturated carbocycles. The van der Waals surface area contributed by atoms with Crippen LogP contribution < -0.4 is 11.1 Å². The van der Waals surface area contributed by atoms with Gasteiger partial charge in [-0.2, -0.15) is 0 Å². The quantitative estimate of drug-likeness (QED) is 0.371. The van der Waals surface area contributed by atoms with Crippen LogP contribution in [0, 0.1) is 0 Å². The average molecular weight is 220 g/mol. The van der Waals surface area contributed by atoms with Crippen molar-refractivity contribution in [1.82, 2.24) is 5.32 Å². The zero-order valence-electron chi connectivity index (χ0n) is 8.38. The lowest BCUT2D eigenvalue weighted by molar-refractivity contribution is -0.139. The first-order valence-corrected chi connectivity index (χ1v) is 4.47. The van der Waals surface area contributed by atoms with Gasteiger partial charge in [-0.15, -0.1) is 0 Å². The number of carbonyl (C=O) groups is 2. The third-order valence-electron chi connectivity index (χ3n) is 1.80. The molecule has 0 amide bonds. The Hall–Kier alpha value is -1.18. The monoisotopic (exact) mass is 220 g/mol. The molecule has 6 N–H and O–H groups in total. The minimum absolute atomic E-state index is 0.329. The van der Waals surface area contributed by atoms with Crippen molar-refractivity contribution in [3.63, 3.8) is 0 Å². The van der Waals surface area contributed by atoms with Gasteiger partial charge in [0.1, 0.15) is 12.1 Å². The van der Waals surface area contributed by atoms with Crippen LogP contribution in [0.5, 0.6) is 0 Å². The summed E-state index contributed by atoms with van der Waals surface area (Å²) in [6, 6.07) is -1.27. The Kier molecular flexibility index (Phi) is 5.83. The second-order valence-corrected chi connectivity index (χ2v) is 3.32. The molecule has 0 aromatic heterocycles. The highest BCUT2D eigenvalue weighted by atomic mass is 16.4. The van der Waals surface area contributed by atoms with Gasteiger partial charge in [-0.25, -0.2) is 0 Å². The van der Waals surface area contributed by atoms with E-state index in [-0.39, 0.29) is 0 Å². The summed E-state index contributed by atoms with van der Waals surface area (Å²) in [5, 5.41) is 27.7. The van der Waals surface area contributed by atoms with Crippen molar-refractivity contribution in [1.29, 1.82) is 0 Å². The Labute approximate surface area is 86.9 Å². The predicted octanol–water partition coefficient (Wildman–Crippen LogP) is -1.79. The molecule has 15 heavy (non-hydrogen) atoms. The van der Waals surface area contributed by atoms with Crippen LogP contribution in [-0.2, 0) is 9.59 Å². The Balaban J connectivity index is 0.000000288. The highest BCUT2D eigenvalue weighted by molar-refractivity contribution is 5.73. The van der Waals surface area contributed by atoms with Gasteiger partial charge in [-0.1, -0.05) is 0 Å². The average Bonchev–Trinajstić information content (AvgIpc) is 2.52. The van der Waals surface area contributed by atoms with Crippen LogP contribution >= 0.6 is 0 Å². The highest BCUT2D eigenvalue weighted by Crippen LogP contribution is 2.05. The van der Waals surface area contributed by atoms with Gasteiger partial charge in [0, 0.05) is 13.0 Å². The number of carboxylic acid groups (broad SMARTS) is 2. The molecule has 0 unspecified atom stereocenters. The van der Waals surface area contributed by atoms with E-state index in [1.54, 1.807) is 0 Å². The molecule has 0 aromatic rings. The van der Waals surface area contributed by atoms with Crippen molar-refractivity contribution in [3.8, 4) is 0 Å². The van der Waals surface area contributed by atoms with E-state index < -0.39 is 30.1 Å². The first kappa shape index (κ1) is 13.8. The summed E-state index contributed by atoms with van der Waals surface area (Å²) in [6.07, 6.45) is -0.152. The van der Waals surface area contributed by atoms with Gasteiger partial charge in [0.05, 0.1) is 6.10 Å². The maximum absolute atomic E-state index is 10.2. The summed E-state index contributed by atoms with van der Waals surface area (Å²) in [5.74, 6) is -1.85. The van der Waals surface area contributed by atoms with E-state index in [1.165, 1.54) is 6.92 Å². The van der Waals surface area contributed by atoms with Crippen LogP contribution in [-0.4, -0.2) is 52.0 Å². The molecule has 0 aromatic carbocycles. The molecule has 1 rings (SSSR count). The van der Waals surface area contributed by atoms with Gasteiger partial charge in [0.2, 0.25) is 0 Å². The van der Waals surface area contributed by atoms with E-state index in [2.05, 4.69) is 5.32 Å². The molecule has 3 atom stereocenters. The normalized spacial score (nSPS) is 26.3. The number of nitrogens with two attached hydrogens (primary N) is 1. The summed E-state index contributed by atoms with van der Waals surface area (Å²) >= 11 is 0. The van der Waals surface area contributed by atoms with Crippen molar-refractivity contribution in [3.05, 3.63) is 0 Å². The van der Waals surface area contributed by atoms with E-state index >= 15 is 0 Å². The second kappa shape index (κ2) is 6.33. The maximum Gasteiger partial charge on any atom is 0.320 e. The minimum atomic E-state index is -0.963. The number of nitrogens with one attached hydrogen (secondary N) is 1. The van der Waals surface area contributed by atoms with Gasteiger partial charge in [0.15, 0.2) is 0 Å². The molecule has 1 fully saturated rings. The first-order valence-electron chi connectivity index (χ1n) is 4.47. The van der Waals surface area contributed by atoms with Crippen LogP contribution in [0.4, 0.5) is 0 Å². The van der Waals surface area contributed by atoms with Crippen molar-refractivity contribution >= 4 is 11.9 Å². The lowest BCUT2D eigenvalue weighted by atomic mass is 10.2. The number of hydrogen-bond donors (Lipinski definition) is 5. The molecule has 0 spiro atoms. The molecular weight excluding hydrogens is 204 g/mol. The fraction of sp³-hybridized carbons (Fsp3) is 0.750. The van der Waals surface area contributed by atoms with Crippen molar-refractivity contribution in [2.45, 2.75) is 31.5 Å². The van der Waals surface area contributed by atoms with Crippen molar-refractivity contribution in [2.24, 2.45) is 5.73 Å². The van der Waals surface area contributed by atoms with E-state index in [1.807, 2.05) is 0 Å². The zero-order chi connectivity index (χ0) is 12.0. The lowest BCUT2D eigenvalue weighted by Crippen LogP contribution is -2.29. The third-order valence-corrected chi connectivity index (χ3v) is 1.80. The van der Waals surface area contributed by atoms with E-state index in [0.29, 0.717) is 13.0 Å². The number of β-amino-alcohol motifs (C(OH)–C–C–N with tert-alkyl or cyclic N) is 1. The third kappa shape index (κ3) is 6.00. The van der Waals surface area contributed by atoms with E-state index in [0.717, 1.165) is 0 Å². The van der Waals surface area contributed by atoms with Crippen LogP contribution in [0.3, 0.4) is 0 Å². The Morgan fingerprint density at radius 3 is 2.07 bits per heavy atom. The Morgan fingerprint density at radius 2 is 1.93 bits per heavy atom. The van der Waals surface area contributed by atoms with Gasteiger partial charge < -0.3 is 26.4 Å². The molecule has 1 heterocycles. The summed E-state index contributed by atoms with van der Waals surface area (Å²) in [5.41, 5.74) is 4.84. The molecular formula is C8H16N2O5. The van der Waals surface area contributed by atoms with Gasteiger partial charge in [-0.3, -0.25) is 9.59 Å². The smallest absolute Gasteiger partial charge is 0.320 e. The maximum atomic E-state index is 10.2. The highest BCUT2D eigenvalue weighted by Gasteiger charge is 2.27. The summed E-state index contributed by atoms with van der Waals surface area (Å²) in [6.45, 7) is 1.82. The number of carboxylic acids is 2. The number of rotatable bonds is 2.